The molecule has 2 aromatic carbocycles. The second kappa shape index (κ2) is 7.37. The van der Waals surface area contributed by atoms with Gasteiger partial charge in [-0.15, -0.1) is 0 Å². The molecule has 1 saturated carbocycles. The molecule has 32 heavy (non-hydrogen) atoms. The van der Waals surface area contributed by atoms with Gasteiger partial charge in [0.25, 0.3) is 0 Å². The number of aryl methyl sites for hydroxylation is 1. The summed E-state index contributed by atoms with van der Waals surface area (Å²) in [5, 5.41) is 3.51. The van der Waals surface area contributed by atoms with Crippen LogP contribution in [0.1, 0.15) is 31.5 Å². The minimum Gasteiger partial charge on any atom is -0.457 e. The summed E-state index contributed by atoms with van der Waals surface area (Å²) in [4.78, 5) is 12.9. The lowest BCUT2D eigenvalue weighted by Gasteiger charge is -2.10. The topological polar surface area (TPSA) is 67.8 Å². The van der Waals surface area contributed by atoms with Crippen molar-refractivity contribution in [2.45, 2.75) is 32.2 Å². The highest BCUT2D eigenvalue weighted by Crippen LogP contribution is 2.42. The Morgan fingerprint density at radius 1 is 1.06 bits per heavy atom. The first-order chi connectivity index (χ1) is 15.7. The van der Waals surface area contributed by atoms with Crippen molar-refractivity contribution in [3.63, 3.8) is 0 Å². The van der Waals surface area contributed by atoms with Gasteiger partial charge in [-0.2, -0.15) is 0 Å². The van der Waals surface area contributed by atoms with Gasteiger partial charge in [0, 0.05) is 24.0 Å². The van der Waals surface area contributed by atoms with Crippen molar-refractivity contribution in [2.24, 2.45) is 0 Å². The molecule has 1 fully saturated rings. The van der Waals surface area contributed by atoms with Gasteiger partial charge in [0.05, 0.1) is 22.2 Å². The Hall–Kier alpha value is -3.87. The first-order valence-corrected chi connectivity index (χ1v) is 10.9. The van der Waals surface area contributed by atoms with E-state index in [9.17, 15) is 4.39 Å². The highest BCUT2D eigenvalue weighted by atomic mass is 19.1. The Balaban J connectivity index is 1.38. The Bertz CT molecular complexity index is 1430. The summed E-state index contributed by atoms with van der Waals surface area (Å²) in [6.07, 6.45) is 5.07. The summed E-state index contributed by atoms with van der Waals surface area (Å²) in [5.41, 5.74) is 5.78. The number of halogens is 1. The van der Waals surface area contributed by atoms with Crippen LogP contribution in [0.25, 0.3) is 22.1 Å². The number of benzene rings is 2. The smallest absolute Gasteiger partial charge is 0.208 e. The summed E-state index contributed by atoms with van der Waals surface area (Å²) in [6, 6.07) is 16.4. The molecule has 2 N–H and O–H groups in total. The van der Waals surface area contributed by atoms with Crippen LogP contribution in [-0.2, 0) is 6.42 Å². The van der Waals surface area contributed by atoms with E-state index in [4.69, 9.17) is 14.7 Å². The summed E-state index contributed by atoms with van der Waals surface area (Å²) < 4.78 is 21.4. The van der Waals surface area contributed by atoms with Crippen molar-refractivity contribution < 1.29 is 9.13 Å². The third kappa shape index (κ3) is 3.36. The van der Waals surface area contributed by atoms with Crippen LogP contribution in [0.15, 0.2) is 60.8 Å². The van der Waals surface area contributed by atoms with Gasteiger partial charge in [0.1, 0.15) is 22.8 Å². The molecule has 0 radical (unpaired) electrons. The number of aromatic amines is 1. The Morgan fingerprint density at radius 3 is 2.66 bits per heavy atom. The number of hydrogen-bond acceptors (Lipinski definition) is 4. The van der Waals surface area contributed by atoms with Gasteiger partial charge >= 0.3 is 0 Å². The molecule has 0 atom stereocenters. The first-order valence-electron chi connectivity index (χ1n) is 10.9. The van der Waals surface area contributed by atoms with E-state index in [0.717, 1.165) is 58.7 Å². The van der Waals surface area contributed by atoms with Gasteiger partial charge in [-0.25, -0.2) is 14.4 Å². The number of H-pyrrole nitrogens is 1. The van der Waals surface area contributed by atoms with Crippen molar-refractivity contribution >= 4 is 33.7 Å². The molecule has 3 heterocycles. The van der Waals surface area contributed by atoms with Crippen LogP contribution in [0.5, 0.6) is 11.5 Å². The fourth-order valence-electron chi connectivity index (χ4n) is 4.02. The van der Waals surface area contributed by atoms with Crippen molar-refractivity contribution in [1.82, 2.24) is 19.5 Å². The number of ether oxygens (including phenoxy) is 1. The van der Waals surface area contributed by atoms with Gasteiger partial charge in [0.2, 0.25) is 5.95 Å². The molecule has 1 aliphatic rings. The Labute approximate surface area is 184 Å². The van der Waals surface area contributed by atoms with Crippen molar-refractivity contribution in [3.8, 4) is 11.5 Å². The van der Waals surface area contributed by atoms with Gasteiger partial charge in [-0.05, 0) is 67.8 Å². The second-order valence-corrected chi connectivity index (χ2v) is 8.12. The molecule has 0 spiro atoms. The fourth-order valence-corrected chi connectivity index (χ4v) is 4.02. The molecule has 6 nitrogen and oxygen atoms in total. The molecule has 0 saturated heterocycles. The molecule has 0 bridgehead atoms. The molecule has 3 aromatic heterocycles. The highest BCUT2D eigenvalue weighted by molar-refractivity contribution is 5.91. The van der Waals surface area contributed by atoms with Gasteiger partial charge in [0.15, 0.2) is 0 Å². The lowest BCUT2D eigenvalue weighted by Crippen LogP contribution is -2.02. The van der Waals surface area contributed by atoms with Gasteiger partial charge < -0.3 is 19.6 Å². The molecule has 0 amide bonds. The zero-order valence-corrected chi connectivity index (χ0v) is 17.6. The molecule has 6 rings (SSSR count). The number of hydrogen-bond donors (Lipinski definition) is 2. The van der Waals surface area contributed by atoms with E-state index in [1.54, 1.807) is 12.1 Å². The van der Waals surface area contributed by atoms with E-state index >= 15 is 0 Å². The van der Waals surface area contributed by atoms with Crippen molar-refractivity contribution in [3.05, 3.63) is 72.3 Å². The second-order valence-electron chi connectivity index (χ2n) is 8.12. The average molecular weight is 427 g/mol. The summed E-state index contributed by atoms with van der Waals surface area (Å²) in [7, 11) is 0. The standard InChI is InChI=1S/C25H22FN5O/c1-2-16-5-11-21-24(28-16)22(14-27-21)30-25-29-20-12-10-19(13-23(20)31(25)17-6-7-17)32-18-8-3-15(26)4-9-18/h3-5,8-14,17,27H,2,6-7H2,1H3,(H,29,30). The number of rotatable bonds is 6. The highest BCUT2D eigenvalue weighted by Gasteiger charge is 2.29. The molecule has 1 aliphatic carbocycles. The third-order valence-corrected chi connectivity index (χ3v) is 5.81. The maximum atomic E-state index is 13.2. The quantitative estimate of drug-likeness (QED) is 0.325. The van der Waals surface area contributed by atoms with Crippen LogP contribution < -0.4 is 10.1 Å². The SMILES string of the molecule is CCc1ccc2[nH]cc(Nc3nc4ccc(Oc5ccc(F)cc5)cc4n3C3CC3)c2n1. The van der Waals surface area contributed by atoms with Crippen LogP contribution in [0.2, 0.25) is 0 Å². The zero-order valence-electron chi connectivity index (χ0n) is 17.6. The maximum Gasteiger partial charge on any atom is 0.208 e. The van der Waals surface area contributed by atoms with E-state index in [2.05, 4.69) is 27.9 Å². The van der Waals surface area contributed by atoms with Gasteiger partial charge in [-0.3, -0.25) is 0 Å². The number of anilines is 2. The van der Waals surface area contributed by atoms with Gasteiger partial charge in [-0.1, -0.05) is 6.92 Å². The zero-order chi connectivity index (χ0) is 21.7. The molecule has 0 aliphatic heterocycles. The summed E-state index contributed by atoms with van der Waals surface area (Å²) in [5.74, 6) is 1.80. The van der Waals surface area contributed by atoms with E-state index in [-0.39, 0.29) is 5.82 Å². The van der Waals surface area contributed by atoms with E-state index in [0.29, 0.717) is 17.5 Å². The lowest BCUT2D eigenvalue weighted by molar-refractivity contribution is 0.481. The van der Waals surface area contributed by atoms with Crippen LogP contribution in [0.4, 0.5) is 16.0 Å². The van der Waals surface area contributed by atoms with E-state index in [1.807, 2.05) is 30.5 Å². The van der Waals surface area contributed by atoms with Crippen molar-refractivity contribution in [1.29, 1.82) is 0 Å². The van der Waals surface area contributed by atoms with E-state index < -0.39 is 0 Å². The number of imidazole rings is 1. The predicted molar refractivity (Wildman–Crippen MR) is 123 cm³/mol. The predicted octanol–water partition coefficient (Wildman–Crippen LogP) is 6.48. The lowest BCUT2D eigenvalue weighted by atomic mass is 10.2. The first kappa shape index (κ1) is 18.9. The average Bonchev–Trinajstić information content (AvgIpc) is 3.47. The number of pyridine rings is 1. The van der Waals surface area contributed by atoms with E-state index in [1.165, 1.54) is 12.1 Å². The minimum absolute atomic E-state index is 0.284. The normalized spacial score (nSPS) is 13.7. The summed E-state index contributed by atoms with van der Waals surface area (Å²) in [6.45, 7) is 2.10. The monoisotopic (exact) mass is 427 g/mol. The summed E-state index contributed by atoms with van der Waals surface area (Å²) >= 11 is 0. The van der Waals surface area contributed by atoms with Crippen LogP contribution in [0, 0.1) is 5.82 Å². The fraction of sp³-hybridized carbons (Fsp3) is 0.200. The van der Waals surface area contributed by atoms with Crippen LogP contribution in [0.3, 0.4) is 0 Å². The maximum absolute atomic E-state index is 13.2. The van der Waals surface area contributed by atoms with Crippen molar-refractivity contribution in [2.75, 3.05) is 5.32 Å². The Morgan fingerprint density at radius 2 is 1.88 bits per heavy atom. The van der Waals surface area contributed by atoms with Crippen LogP contribution in [-0.4, -0.2) is 19.5 Å². The molecular weight excluding hydrogens is 405 g/mol. The minimum atomic E-state index is -0.284. The molecule has 160 valence electrons. The molecule has 7 heteroatoms. The largest absolute Gasteiger partial charge is 0.457 e. The molecule has 0 unspecified atom stereocenters. The number of aromatic nitrogens is 4. The number of nitrogens with one attached hydrogen (secondary N) is 2. The number of nitrogens with zero attached hydrogens (tertiary/aromatic N) is 3. The number of fused-ring (bicyclic) bond motifs is 2. The third-order valence-electron chi connectivity index (χ3n) is 5.81. The molecule has 5 aromatic rings. The molecular formula is C25H22FN5O. The Kier molecular flexibility index (Phi) is 4.35. The van der Waals surface area contributed by atoms with Crippen LogP contribution >= 0.6 is 0 Å².